The molecule has 0 aliphatic heterocycles. The van der Waals surface area contributed by atoms with E-state index in [9.17, 15) is 13.2 Å². The van der Waals surface area contributed by atoms with Gasteiger partial charge in [0.15, 0.2) is 10.1 Å². The van der Waals surface area contributed by atoms with E-state index in [2.05, 4.69) is 48.6 Å². The van der Waals surface area contributed by atoms with Gasteiger partial charge < -0.3 is 9.04 Å². The van der Waals surface area contributed by atoms with Gasteiger partial charge in [0.05, 0.1) is 26.7 Å². The van der Waals surface area contributed by atoms with Crippen molar-refractivity contribution in [1.82, 2.24) is 0 Å². The lowest BCUT2D eigenvalue weighted by molar-refractivity contribution is -0.917. The summed E-state index contributed by atoms with van der Waals surface area (Å²) in [5.41, 5.74) is -5.65. The van der Waals surface area contributed by atoms with Crippen LogP contribution in [0.1, 0.15) is 41.5 Å². The molecule has 0 bridgehead atoms. The fourth-order valence-corrected chi connectivity index (χ4v) is 2.87. The van der Waals surface area contributed by atoms with E-state index < -0.39 is 15.6 Å². The SMILES string of the molecule is CC(C)C[N+](C)(CC(C)C)CC(C)C.O=S(=O)([O-])C(F)(F)F. The monoisotopic (exact) mass is 349 g/mol. The highest BCUT2D eigenvalue weighted by molar-refractivity contribution is 7.86. The molecule has 22 heavy (non-hydrogen) atoms. The number of nitrogens with zero attached hydrogens (tertiary/aromatic N) is 1. The van der Waals surface area contributed by atoms with Gasteiger partial charge >= 0.3 is 5.51 Å². The summed E-state index contributed by atoms with van der Waals surface area (Å²) in [5, 5.41) is 0. The van der Waals surface area contributed by atoms with E-state index >= 15 is 0 Å². The maximum absolute atomic E-state index is 10.7. The summed E-state index contributed by atoms with van der Waals surface area (Å²) in [6.45, 7) is 17.9. The van der Waals surface area contributed by atoms with Gasteiger partial charge in [-0.15, -0.1) is 0 Å². The molecule has 0 heterocycles. The summed E-state index contributed by atoms with van der Waals surface area (Å²) in [6.07, 6.45) is 0. The Hall–Kier alpha value is -0.340. The van der Waals surface area contributed by atoms with Gasteiger partial charge in [0.1, 0.15) is 0 Å². The van der Waals surface area contributed by atoms with Crippen LogP contribution in [0.5, 0.6) is 0 Å². The van der Waals surface area contributed by atoms with Gasteiger partial charge in [-0.1, -0.05) is 41.5 Å². The van der Waals surface area contributed by atoms with Crippen LogP contribution >= 0.6 is 0 Å². The predicted molar refractivity (Wildman–Crippen MR) is 81.1 cm³/mol. The van der Waals surface area contributed by atoms with Crippen LogP contribution in [-0.2, 0) is 10.1 Å². The van der Waals surface area contributed by atoms with E-state index in [1.807, 2.05) is 0 Å². The van der Waals surface area contributed by atoms with E-state index in [1.165, 1.54) is 24.1 Å². The molecular formula is C14H30F3NO3S. The molecule has 0 aromatic carbocycles. The van der Waals surface area contributed by atoms with Crippen molar-refractivity contribution in [2.75, 3.05) is 26.7 Å². The highest BCUT2D eigenvalue weighted by Crippen LogP contribution is 2.20. The Labute approximate surface area is 133 Å². The zero-order valence-electron chi connectivity index (χ0n) is 14.6. The number of rotatable bonds is 6. The van der Waals surface area contributed by atoms with Crippen molar-refractivity contribution in [3.8, 4) is 0 Å². The minimum Gasteiger partial charge on any atom is -0.741 e. The first-order chi connectivity index (χ1) is 9.50. The molecule has 0 aromatic rings. The Morgan fingerprint density at radius 1 is 0.864 bits per heavy atom. The van der Waals surface area contributed by atoms with Gasteiger partial charge in [-0.3, -0.25) is 0 Å². The Morgan fingerprint density at radius 3 is 1.14 bits per heavy atom. The Kier molecular flexibility index (Phi) is 9.87. The second-order valence-electron chi connectivity index (χ2n) is 7.25. The lowest BCUT2D eigenvalue weighted by Gasteiger charge is -2.39. The fourth-order valence-electron chi connectivity index (χ4n) is 2.87. The molecule has 0 rings (SSSR count). The third kappa shape index (κ3) is 12.2. The second-order valence-corrected chi connectivity index (χ2v) is 8.62. The summed E-state index contributed by atoms with van der Waals surface area (Å²) < 4.78 is 60.1. The van der Waals surface area contributed by atoms with E-state index in [0.29, 0.717) is 0 Å². The lowest BCUT2D eigenvalue weighted by Crippen LogP contribution is -2.50. The van der Waals surface area contributed by atoms with E-state index in [0.717, 1.165) is 17.8 Å². The Bertz CT molecular complexity index is 378. The Morgan fingerprint density at radius 2 is 1.05 bits per heavy atom. The standard InChI is InChI=1S/C13H30N.CHF3O3S/c1-11(2)8-14(7,9-12(3)4)10-13(5)6;2-1(3,4)8(5,6)7/h11-13H,8-10H2,1-7H3;(H,5,6,7)/q+1;/p-1. The van der Waals surface area contributed by atoms with Crippen molar-refractivity contribution in [1.29, 1.82) is 0 Å². The molecule has 0 N–H and O–H groups in total. The summed E-state index contributed by atoms with van der Waals surface area (Å²) in [7, 11) is -3.67. The maximum Gasteiger partial charge on any atom is 0.485 e. The van der Waals surface area contributed by atoms with Crippen LogP contribution in [-0.4, -0.2) is 49.6 Å². The molecule has 0 unspecified atom stereocenters. The van der Waals surface area contributed by atoms with Crippen LogP contribution in [0.15, 0.2) is 0 Å². The fraction of sp³-hybridized carbons (Fsp3) is 1.00. The molecule has 0 amide bonds. The molecule has 0 spiro atoms. The number of alkyl halides is 3. The van der Waals surface area contributed by atoms with Crippen molar-refractivity contribution >= 4 is 10.1 Å². The maximum atomic E-state index is 10.7. The molecule has 0 saturated carbocycles. The van der Waals surface area contributed by atoms with Gasteiger partial charge in [-0.25, -0.2) is 8.42 Å². The van der Waals surface area contributed by atoms with Crippen LogP contribution in [0.4, 0.5) is 13.2 Å². The number of hydrogen-bond donors (Lipinski definition) is 0. The lowest BCUT2D eigenvalue weighted by atomic mass is 10.1. The summed E-state index contributed by atoms with van der Waals surface area (Å²) in [6, 6.07) is 0. The first-order valence-corrected chi connectivity index (χ1v) is 8.76. The summed E-state index contributed by atoms with van der Waals surface area (Å²) in [5.74, 6) is 2.41. The van der Waals surface area contributed by atoms with Gasteiger partial charge in [0.25, 0.3) is 0 Å². The summed E-state index contributed by atoms with van der Waals surface area (Å²) in [4.78, 5) is 0. The quantitative estimate of drug-likeness (QED) is 0.419. The number of hydrogen-bond acceptors (Lipinski definition) is 3. The molecule has 0 atom stereocenters. The van der Waals surface area contributed by atoms with Crippen molar-refractivity contribution in [2.24, 2.45) is 17.8 Å². The zero-order chi connectivity index (χ0) is 18.4. The third-order valence-electron chi connectivity index (χ3n) is 2.70. The van der Waals surface area contributed by atoms with Crippen LogP contribution < -0.4 is 0 Å². The topological polar surface area (TPSA) is 57.2 Å². The molecule has 0 radical (unpaired) electrons. The summed E-state index contributed by atoms with van der Waals surface area (Å²) >= 11 is 0. The minimum atomic E-state index is -6.09. The van der Waals surface area contributed by atoms with Crippen molar-refractivity contribution in [3.63, 3.8) is 0 Å². The first-order valence-electron chi connectivity index (χ1n) is 7.36. The average Bonchev–Trinajstić information content (AvgIpc) is 2.08. The van der Waals surface area contributed by atoms with Crippen molar-refractivity contribution in [2.45, 2.75) is 47.1 Å². The minimum absolute atomic E-state index is 0.803. The highest BCUT2D eigenvalue weighted by atomic mass is 32.2. The normalized spacial score (nSPS) is 13.5. The van der Waals surface area contributed by atoms with E-state index in [-0.39, 0.29) is 0 Å². The van der Waals surface area contributed by atoms with Crippen LogP contribution in [0.3, 0.4) is 0 Å². The van der Waals surface area contributed by atoms with Gasteiger partial charge in [0.2, 0.25) is 0 Å². The van der Waals surface area contributed by atoms with Crippen molar-refractivity contribution in [3.05, 3.63) is 0 Å². The molecule has 0 aromatic heterocycles. The number of quaternary nitrogens is 1. The van der Waals surface area contributed by atoms with E-state index in [1.54, 1.807) is 0 Å². The number of halogens is 3. The van der Waals surface area contributed by atoms with Gasteiger partial charge in [-0.05, 0) is 0 Å². The molecule has 0 aliphatic carbocycles. The zero-order valence-corrected chi connectivity index (χ0v) is 15.4. The molecule has 0 aliphatic rings. The van der Waals surface area contributed by atoms with Crippen LogP contribution in [0.2, 0.25) is 0 Å². The van der Waals surface area contributed by atoms with Crippen molar-refractivity contribution < 1.29 is 30.6 Å². The Balaban J connectivity index is 0. The van der Waals surface area contributed by atoms with E-state index in [4.69, 9.17) is 13.0 Å². The molecule has 8 heteroatoms. The van der Waals surface area contributed by atoms with Gasteiger partial charge in [-0.2, -0.15) is 13.2 Å². The predicted octanol–water partition coefficient (Wildman–Crippen LogP) is 3.45. The largest absolute Gasteiger partial charge is 0.741 e. The molecular weight excluding hydrogens is 319 g/mol. The molecule has 0 saturated heterocycles. The smallest absolute Gasteiger partial charge is 0.485 e. The average molecular weight is 349 g/mol. The first kappa shape index (κ1) is 23.9. The molecule has 4 nitrogen and oxygen atoms in total. The molecule has 136 valence electrons. The third-order valence-corrected chi connectivity index (χ3v) is 3.27. The second kappa shape index (κ2) is 9.08. The van der Waals surface area contributed by atoms with Gasteiger partial charge in [0, 0.05) is 17.8 Å². The highest BCUT2D eigenvalue weighted by Gasteiger charge is 2.36. The van der Waals surface area contributed by atoms with Crippen LogP contribution in [0, 0.1) is 17.8 Å². The molecule has 0 fully saturated rings. The van der Waals surface area contributed by atoms with Crippen LogP contribution in [0.25, 0.3) is 0 Å².